The highest BCUT2D eigenvalue weighted by atomic mass is 16.6. The van der Waals surface area contributed by atoms with Gasteiger partial charge in [0.25, 0.3) is 0 Å². The third-order valence-electron chi connectivity index (χ3n) is 1.55. The van der Waals surface area contributed by atoms with E-state index in [1.807, 2.05) is 0 Å². The van der Waals surface area contributed by atoms with Crippen LogP contribution in [-0.4, -0.2) is 29.0 Å². The monoisotopic (exact) mass is 225 g/mol. The van der Waals surface area contributed by atoms with E-state index < -0.39 is 11.7 Å². The van der Waals surface area contributed by atoms with E-state index in [4.69, 9.17) is 4.74 Å². The first kappa shape index (κ1) is 14.4. The maximum Gasteiger partial charge on any atom is 0.417 e. The van der Waals surface area contributed by atoms with Crippen molar-refractivity contribution in [3.8, 4) is 0 Å². The van der Waals surface area contributed by atoms with Crippen molar-refractivity contribution in [3.63, 3.8) is 0 Å². The Kier molecular flexibility index (Phi) is 5.50. The van der Waals surface area contributed by atoms with E-state index in [1.54, 1.807) is 20.8 Å². The summed E-state index contributed by atoms with van der Waals surface area (Å²) in [7, 11) is 0. The van der Waals surface area contributed by atoms with Crippen LogP contribution in [0.1, 0.15) is 27.2 Å². The molecule has 0 atom stereocenters. The van der Waals surface area contributed by atoms with Crippen LogP contribution in [0.2, 0.25) is 0 Å². The summed E-state index contributed by atoms with van der Waals surface area (Å²) < 4.78 is 5.10. The minimum absolute atomic E-state index is 0.104. The molecule has 4 nitrogen and oxygen atoms in total. The number of imide groups is 1. The molecule has 0 aliphatic heterocycles. The van der Waals surface area contributed by atoms with E-state index in [0.717, 1.165) is 4.90 Å². The zero-order chi connectivity index (χ0) is 12.8. The number of nitrogens with zero attached hydrogens (tertiary/aromatic N) is 1. The second kappa shape index (κ2) is 6.10. The SMILES string of the molecule is C=CCC(=O)N(CC=C)C(=O)OC(C)(C)C. The third-order valence-corrected chi connectivity index (χ3v) is 1.55. The summed E-state index contributed by atoms with van der Waals surface area (Å²) in [4.78, 5) is 24.2. The number of rotatable bonds is 4. The van der Waals surface area contributed by atoms with Gasteiger partial charge in [-0.05, 0) is 20.8 Å². The van der Waals surface area contributed by atoms with Crippen molar-refractivity contribution in [1.82, 2.24) is 4.90 Å². The van der Waals surface area contributed by atoms with Crippen LogP contribution in [-0.2, 0) is 9.53 Å². The summed E-state index contributed by atoms with van der Waals surface area (Å²) in [6.07, 6.45) is 2.38. The van der Waals surface area contributed by atoms with Crippen LogP contribution < -0.4 is 0 Å². The lowest BCUT2D eigenvalue weighted by molar-refractivity contribution is -0.128. The summed E-state index contributed by atoms with van der Waals surface area (Å²) >= 11 is 0. The van der Waals surface area contributed by atoms with E-state index in [9.17, 15) is 9.59 Å². The molecule has 0 rings (SSSR count). The first-order valence-electron chi connectivity index (χ1n) is 5.07. The minimum atomic E-state index is -0.653. The van der Waals surface area contributed by atoms with Crippen molar-refractivity contribution >= 4 is 12.0 Å². The Morgan fingerprint density at radius 3 is 2.19 bits per heavy atom. The molecule has 0 saturated heterocycles. The van der Waals surface area contributed by atoms with E-state index >= 15 is 0 Å². The highest BCUT2D eigenvalue weighted by Crippen LogP contribution is 2.10. The predicted molar refractivity (Wildman–Crippen MR) is 63.0 cm³/mol. The van der Waals surface area contributed by atoms with Crippen molar-refractivity contribution in [2.75, 3.05) is 6.54 Å². The summed E-state index contributed by atoms with van der Waals surface area (Å²) in [6, 6.07) is 0. The maximum absolute atomic E-state index is 11.7. The highest BCUT2D eigenvalue weighted by molar-refractivity contribution is 5.92. The zero-order valence-corrected chi connectivity index (χ0v) is 10.2. The van der Waals surface area contributed by atoms with E-state index in [0.29, 0.717) is 0 Å². The molecule has 0 aliphatic carbocycles. The summed E-state index contributed by atoms with van der Waals surface area (Å²) in [5, 5.41) is 0. The Hall–Kier alpha value is -1.58. The molecule has 0 bridgehead atoms. The van der Waals surface area contributed by atoms with Crippen LogP contribution in [0, 0.1) is 0 Å². The second-order valence-corrected chi connectivity index (χ2v) is 4.27. The Morgan fingerprint density at radius 2 is 1.81 bits per heavy atom. The molecule has 16 heavy (non-hydrogen) atoms. The lowest BCUT2D eigenvalue weighted by atomic mass is 10.2. The Balaban J connectivity index is 4.64. The smallest absolute Gasteiger partial charge is 0.417 e. The molecule has 0 heterocycles. The fourth-order valence-corrected chi connectivity index (χ4v) is 0.958. The van der Waals surface area contributed by atoms with Gasteiger partial charge in [-0.2, -0.15) is 0 Å². The third kappa shape index (κ3) is 5.34. The van der Waals surface area contributed by atoms with Crippen molar-refractivity contribution in [2.24, 2.45) is 0 Å². The first-order chi connectivity index (χ1) is 7.31. The van der Waals surface area contributed by atoms with E-state index in [2.05, 4.69) is 13.2 Å². The molecule has 0 aromatic heterocycles. The topological polar surface area (TPSA) is 46.6 Å². The van der Waals surface area contributed by atoms with Gasteiger partial charge in [0, 0.05) is 13.0 Å². The molecule has 0 aromatic carbocycles. The number of amides is 2. The molecule has 0 N–H and O–H groups in total. The Labute approximate surface area is 96.6 Å². The maximum atomic E-state index is 11.7. The number of ether oxygens (including phenoxy) is 1. The Morgan fingerprint density at radius 1 is 1.25 bits per heavy atom. The lowest BCUT2D eigenvalue weighted by Crippen LogP contribution is -2.40. The first-order valence-corrected chi connectivity index (χ1v) is 5.07. The fraction of sp³-hybridized carbons (Fsp3) is 0.500. The standard InChI is InChI=1S/C12H19NO3/c1-6-8-10(14)13(9-7-2)11(15)16-12(3,4)5/h6-7H,1-2,8-9H2,3-5H3. The second-order valence-electron chi connectivity index (χ2n) is 4.27. The van der Waals surface area contributed by atoms with Gasteiger partial charge < -0.3 is 4.74 Å². The summed E-state index contributed by atoms with van der Waals surface area (Å²) in [5.41, 5.74) is -0.620. The van der Waals surface area contributed by atoms with Gasteiger partial charge in [0.2, 0.25) is 5.91 Å². The zero-order valence-electron chi connectivity index (χ0n) is 10.2. The Bertz CT molecular complexity index is 289. The molecular formula is C12H19NO3. The fourth-order valence-electron chi connectivity index (χ4n) is 0.958. The van der Waals surface area contributed by atoms with Gasteiger partial charge in [0.1, 0.15) is 5.60 Å². The molecule has 0 saturated carbocycles. The van der Waals surface area contributed by atoms with Crippen molar-refractivity contribution in [3.05, 3.63) is 25.3 Å². The van der Waals surface area contributed by atoms with Gasteiger partial charge >= 0.3 is 6.09 Å². The van der Waals surface area contributed by atoms with Crippen molar-refractivity contribution in [2.45, 2.75) is 32.8 Å². The van der Waals surface area contributed by atoms with E-state index in [-0.39, 0.29) is 18.9 Å². The summed E-state index contributed by atoms with van der Waals surface area (Å²) in [5.74, 6) is -0.343. The number of hydrogen-bond donors (Lipinski definition) is 0. The number of hydrogen-bond acceptors (Lipinski definition) is 3. The predicted octanol–water partition coefficient (Wildman–Crippen LogP) is 2.51. The molecule has 0 spiro atoms. The molecule has 0 unspecified atom stereocenters. The molecule has 0 radical (unpaired) electrons. The van der Waals surface area contributed by atoms with Crippen LogP contribution in [0.3, 0.4) is 0 Å². The molecule has 0 aromatic rings. The van der Waals surface area contributed by atoms with Gasteiger partial charge in [-0.1, -0.05) is 12.2 Å². The number of carbonyl (C=O) groups is 2. The number of carbonyl (C=O) groups excluding carboxylic acids is 2. The van der Waals surface area contributed by atoms with Crippen molar-refractivity contribution in [1.29, 1.82) is 0 Å². The van der Waals surface area contributed by atoms with E-state index in [1.165, 1.54) is 12.2 Å². The quantitative estimate of drug-likeness (QED) is 0.691. The van der Waals surface area contributed by atoms with Crippen LogP contribution >= 0.6 is 0 Å². The van der Waals surface area contributed by atoms with Crippen LogP contribution in [0.4, 0.5) is 4.79 Å². The molecule has 0 fully saturated rings. The molecule has 4 heteroatoms. The van der Waals surface area contributed by atoms with Crippen LogP contribution in [0.5, 0.6) is 0 Å². The average molecular weight is 225 g/mol. The molecule has 2 amide bonds. The normalized spacial score (nSPS) is 10.4. The summed E-state index contributed by atoms with van der Waals surface area (Å²) in [6.45, 7) is 12.3. The van der Waals surface area contributed by atoms with Crippen LogP contribution in [0.25, 0.3) is 0 Å². The van der Waals surface area contributed by atoms with Gasteiger partial charge in [0.05, 0.1) is 0 Å². The van der Waals surface area contributed by atoms with Crippen LogP contribution in [0.15, 0.2) is 25.3 Å². The molecule has 90 valence electrons. The van der Waals surface area contributed by atoms with Gasteiger partial charge in [-0.15, -0.1) is 13.2 Å². The highest BCUT2D eigenvalue weighted by Gasteiger charge is 2.25. The van der Waals surface area contributed by atoms with Gasteiger partial charge in [-0.3, -0.25) is 4.79 Å². The van der Waals surface area contributed by atoms with Gasteiger partial charge in [0.15, 0.2) is 0 Å². The average Bonchev–Trinajstić information content (AvgIpc) is 2.11. The van der Waals surface area contributed by atoms with Gasteiger partial charge in [-0.25, -0.2) is 9.69 Å². The largest absolute Gasteiger partial charge is 0.443 e. The minimum Gasteiger partial charge on any atom is -0.443 e. The molecular weight excluding hydrogens is 206 g/mol. The lowest BCUT2D eigenvalue weighted by Gasteiger charge is -2.25. The van der Waals surface area contributed by atoms with Crippen molar-refractivity contribution < 1.29 is 14.3 Å². The molecule has 0 aliphatic rings.